The van der Waals surface area contributed by atoms with Crippen LogP contribution < -0.4 is 20.1 Å². The molecule has 0 fully saturated rings. The van der Waals surface area contributed by atoms with Crippen LogP contribution in [0.4, 0.5) is 11.4 Å². The molecular formula is C19H19N3O5S. The number of carbonyl (C=O) groups is 1. The van der Waals surface area contributed by atoms with E-state index in [1.165, 1.54) is 18.2 Å². The molecule has 8 nitrogen and oxygen atoms in total. The van der Waals surface area contributed by atoms with Crippen LogP contribution in [0.1, 0.15) is 12.5 Å². The van der Waals surface area contributed by atoms with Crippen molar-refractivity contribution in [3.8, 4) is 11.5 Å². The predicted molar refractivity (Wildman–Crippen MR) is 111 cm³/mol. The number of amides is 1. The lowest BCUT2D eigenvalue weighted by Crippen LogP contribution is -2.33. The van der Waals surface area contributed by atoms with E-state index < -0.39 is 10.8 Å². The summed E-state index contributed by atoms with van der Waals surface area (Å²) in [6.07, 6.45) is 2.92. The Bertz CT molecular complexity index is 897. The number of nitrogens with one attached hydrogen (secondary N) is 2. The molecule has 0 aliphatic heterocycles. The van der Waals surface area contributed by atoms with Crippen LogP contribution in [0.15, 0.2) is 48.5 Å². The first-order valence-electron chi connectivity index (χ1n) is 8.28. The second-order valence-corrected chi connectivity index (χ2v) is 5.83. The molecule has 2 aromatic rings. The van der Waals surface area contributed by atoms with Crippen LogP contribution in [0.3, 0.4) is 0 Å². The van der Waals surface area contributed by atoms with Gasteiger partial charge in [-0.15, -0.1) is 0 Å². The second-order valence-electron chi connectivity index (χ2n) is 5.42. The predicted octanol–water partition coefficient (Wildman–Crippen LogP) is 3.53. The number of nitro benzene ring substituents is 1. The lowest BCUT2D eigenvalue weighted by molar-refractivity contribution is -0.384. The summed E-state index contributed by atoms with van der Waals surface area (Å²) in [5.41, 5.74) is 0.742. The smallest absolute Gasteiger partial charge is 0.296 e. The Morgan fingerprint density at radius 2 is 1.89 bits per heavy atom. The van der Waals surface area contributed by atoms with Crippen LogP contribution in [-0.4, -0.2) is 29.7 Å². The van der Waals surface area contributed by atoms with Crippen LogP contribution >= 0.6 is 12.2 Å². The minimum absolute atomic E-state index is 0.0587. The first-order chi connectivity index (χ1) is 13.4. The summed E-state index contributed by atoms with van der Waals surface area (Å²) < 4.78 is 10.3. The highest BCUT2D eigenvalue weighted by molar-refractivity contribution is 7.80. The monoisotopic (exact) mass is 401 g/mol. The van der Waals surface area contributed by atoms with Gasteiger partial charge in [-0.25, -0.2) is 0 Å². The molecular weight excluding hydrogens is 382 g/mol. The Labute approximate surface area is 167 Å². The van der Waals surface area contributed by atoms with Gasteiger partial charge in [0.1, 0.15) is 17.2 Å². The number of rotatable bonds is 7. The number of thiocarbonyl (C=S) groups is 1. The lowest BCUT2D eigenvalue weighted by Gasteiger charge is -2.10. The van der Waals surface area contributed by atoms with Crippen molar-refractivity contribution in [2.75, 3.05) is 19.0 Å². The summed E-state index contributed by atoms with van der Waals surface area (Å²) in [6, 6.07) is 11.5. The molecule has 0 aliphatic carbocycles. The fraction of sp³-hybridized carbons (Fsp3) is 0.158. The zero-order chi connectivity index (χ0) is 20.5. The van der Waals surface area contributed by atoms with E-state index in [4.69, 9.17) is 21.7 Å². The molecule has 0 unspecified atom stereocenters. The molecule has 9 heteroatoms. The Hall–Kier alpha value is -3.46. The van der Waals surface area contributed by atoms with Crippen LogP contribution in [0, 0.1) is 10.1 Å². The Kier molecular flexibility index (Phi) is 7.46. The molecule has 2 aromatic carbocycles. The maximum atomic E-state index is 12.0. The van der Waals surface area contributed by atoms with Crippen molar-refractivity contribution in [1.82, 2.24) is 5.32 Å². The van der Waals surface area contributed by atoms with Crippen molar-refractivity contribution in [1.29, 1.82) is 0 Å². The van der Waals surface area contributed by atoms with Crippen molar-refractivity contribution in [3.05, 3.63) is 64.2 Å². The van der Waals surface area contributed by atoms with Gasteiger partial charge in [-0.3, -0.25) is 20.2 Å². The molecule has 0 aromatic heterocycles. The molecule has 0 radical (unpaired) electrons. The molecule has 0 bridgehead atoms. The van der Waals surface area contributed by atoms with Gasteiger partial charge in [-0.05, 0) is 55.0 Å². The zero-order valence-electron chi connectivity index (χ0n) is 15.3. The van der Waals surface area contributed by atoms with Crippen LogP contribution in [0.5, 0.6) is 11.5 Å². The number of carbonyl (C=O) groups excluding carboxylic acids is 1. The quantitative estimate of drug-likeness (QED) is 0.317. The van der Waals surface area contributed by atoms with Crippen molar-refractivity contribution >= 4 is 40.7 Å². The average Bonchev–Trinajstić information content (AvgIpc) is 2.68. The maximum Gasteiger partial charge on any atom is 0.296 e. The van der Waals surface area contributed by atoms with E-state index in [0.29, 0.717) is 18.1 Å². The van der Waals surface area contributed by atoms with Gasteiger partial charge in [-0.1, -0.05) is 12.1 Å². The third-order valence-electron chi connectivity index (χ3n) is 3.50. The fourth-order valence-corrected chi connectivity index (χ4v) is 2.43. The number of methoxy groups -OCH3 is 1. The van der Waals surface area contributed by atoms with Gasteiger partial charge >= 0.3 is 0 Å². The van der Waals surface area contributed by atoms with E-state index in [9.17, 15) is 14.9 Å². The topological polar surface area (TPSA) is 103 Å². The molecule has 0 heterocycles. The van der Waals surface area contributed by atoms with E-state index in [0.717, 1.165) is 5.56 Å². The van der Waals surface area contributed by atoms with Crippen molar-refractivity contribution < 1.29 is 19.2 Å². The highest BCUT2D eigenvalue weighted by Gasteiger charge is 2.16. The molecule has 2 N–H and O–H groups in total. The van der Waals surface area contributed by atoms with E-state index in [-0.39, 0.29) is 16.5 Å². The SMILES string of the molecule is CCOc1ccc(NC(=S)NC(=O)C=Cc2ccc(OC)cc2)c([N+](=O)[O-])c1. The third kappa shape index (κ3) is 6.06. The maximum absolute atomic E-state index is 12.0. The second kappa shape index (κ2) is 10.0. The largest absolute Gasteiger partial charge is 0.497 e. The van der Waals surface area contributed by atoms with Gasteiger partial charge in [0, 0.05) is 6.08 Å². The third-order valence-corrected chi connectivity index (χ3v) is 3.71. The lowest BCUT2D eigenvalue weighted by atomic mass is 10.2. The van der Waals surface area contributed by atoms with E-state index in [1.807, 2.05) is 0 Å². The summed E-state index contributed by atoms with van der Waals surface area (Å²) in [6.45, 7) is 2.17. The number of nitro groups is 1. The first-order valence-corrected chi connectivity index (χ1v) is 8.69. The Morgan fingerprint density at radius 3 is 2.50 bits per heavy atom. The Morgan fingerprint density at radius 1 is 1.21 bits per heavy atom. The summed E-state index contributed by atoms with van der Waals surface area (Å²) in [4.78, 5) is 22.7. The van der Waals surface area contributed by atoms with Crippen molar-refractivity contribution in [2.24, 2.45) is 0 Å². The van der Waals surface area contributed by atoms with Gasteiger partial charge in [0.15, 0.2) is 5.11 Å². The van der Waals surface area contributed by atoms with Gasteiger partial charge in [0.05, 0.1) is 24.7 Å². The highest BCUT2D eigenvalue weighted by atomic mass is 32.1. The number of hydrogen-bond donors (Lipinski definition) is 2. The Balaban J connectivity index is 1.99. The van der Waals surface area contributed by atoms with Gasteiger partial charge in [-0.2, -0.15) is 0 Å². The van der Waals surface area contributed by atoms with Gasteiger partial charge in [0.2, 0.25) is 5.91 Å². The molecule has 0 aliphatic rings. The molecule has 0 spiro atoms. The molecule has 146 valence electrons. The van der Waals surface area contributed by atoms with E-state index >= 15 is 0 Å². The molecule has 2 rings (SSSR count). The summed E-state index contributed by atoms with van der Waals surface area (Å²) in [7, 11) is 1.57. The van der Waals surface area contributed by atoms with E-state index in [1.54, 1.807) is 50.4 Å². The standard InChI is InChI=1S/C19H19N3O5S/c1-3-27-15-9-10-16(17(12-15)22(24)25)20-19(28)21-18(23)11-6-13-4-7-14(26-2)8-5-13/h4-12H,3H2,1-2H3,(H2,20,21,23,28). The van der Waals surface area contributed by atoms with Crippen molar-refractivity contribution in [2.45, 2.75) is 6.92 Å². The molecule has 1 amide bonds. The first kappa shape index (κ1) is 20.8. The fourth-order valence-electron chi connectivity index (χ4n) is 2.22. The normalized spacial score (nSPS) is 10.4. The summed E-state index contributed by atoms with van der Waals surface area (Å²) in [5.74, 6) is 0.614. The number of benzene rings is 2. The highest BCUT2D eigenvalue weighted by Crippen LogP contribution is 2.29. The molecule has 0 atom stereocenters. The van der Waals surface area contributed by atoms with Crippen LogP contribution in [0.2, 0.25) is 0 Å². The van der Waals surface area contributed by atoms with Gasteiger partial charge < -0.3 is 14.8 Å². The number of anilines is 1. The number of hydrogen-bond acceptors (Lipinski definition) is 6. The zero-order valence-corrected chi connectivity index (χ0v) is 16.1. The molecule has 0 saturated carbocycles. The summed E-state index contributed by atoms with van der Waals surface area (Å²) >= 11 is 5.06. The van der Waals surface area contributed by atoms with Crippen molar-refractivity contribution in [3.63, 3.8) is 0 Å². The van der Waals surface area contributed by atoms with E-state index in [2.05, 4.69) is 10.6 Å². The molecule has 28 heavy (non-hydrogen) atoms. The molecule has 0 saturated heterocycles. The minimum atomic E-state index is -0.557. The van der Waals surface area contributed by atoms with Gasteiger partial charge in [0.25, 0.3) is 5.69 Å². The number of ether oxygens (including phenoxy) is 2. The van der Waals surface area contributed by atoms with Crippen LogP contribution in [-0.2, 0) is 4.79 Å². The number of nitrogens with zero attached hydrogens (tertiary/aromatic N) is 1. The average molecular weight is 401 g/mol. The summed E-state index contributed by atoms with van der Waals surface area (Å²) in [5, 5.41) is 16.3. The van der Waals surface area contributed by atoms with Crippen LogP contribution in [0.25, 0.3) is 6.08 Å². The minimum Gasteiger partial charge on any atom is -0.497 e.